The molecule has 0 aliphatic carbocycles. The van der Waals surface area contributed by atoms with Gasteiger partial charge in [-0.15, -0.1) is 0 Å². The van der Waals surface area contributed by atoms with Crippen molar-refractivity contribution in [2.24, 2.45) is 0 Å². The SMILES string of the molecule is O=c1[nH]c(-c2cncc(Br)c2)nc2c1CNCC2. The minimum atomic E-state index is -0.0674. The zero-order chi connectivity index (χ0) is 12.5. The van der Waals surface area contributed by atoms with Crippen LogP contribution in [0, 0.1) is 0 Å². The molecule has 2 N–H and O–H groups in total. The summed E-state index contributed by atoms with van der Waals surface area (Å²) >= 11 is 3.36. The zero-order valence-electron chi connectivity index (χ0n) is 9.53. The predicted molar refractivity (Wildman–Crippen MR) is 71.2 cm³/mol. The normalized spacial score (nSPS) is 14.3. The molecule has 0 saturated carbocycles. The van der Waals surface area contributed by atoms with Crippen molar-refractivity contribution in [3.05, 3.63) is 44.5 Å². The number of hydrogen-bond donors (Lipinski definition) is 2. The molecule has 0 spiro atoms. The fourth-order valence-electron chi connectivity index (χ4n) is 2.03. The number of fused-ring (bicyclic) bond motifs is 1. The molecule has 0 saturated heterocycles. The van der Waals surface area contributed by atoms with Crippen LogP contribution in [0.25, 0.3) is 11.4 Å². The summed E-state index contributed by atoms with van der Waals surface area (Å²) in [6.45, 7) is 1.45. The Morgan fingerprint density at radius 2 is 2.22 bits per heavy atom. The van der Waals surface area contributed by atoms with Crippen LogP contribution in [0.5, 0.6) is 0 Å². The lowest BCUT2D eigenvalue weighted by Crippen LogP contribution is -2.31. The molecule has 1 aliphatic heterocycles. The van der Waals surface area contributed by atoms with Crippen LogP contribution in [0.3, 0.4) is 0 Å². The molecule has 3 heterocycles. The molecule has 5 nitrogen and oxygen atoms in total. The molecular formula is C12H11BrN4O. The van der Waals surface area contributed by atoms with E-state index in [9.17, 15) is 4.79 Å². The summed E-state index contributed by atoms with van der Waals surface area (Å²) in [4.78, 5) is 23.4. The average molecular weight is 307 g/mol. The van der Waals surface area contributed by atoms with E-state index >= 15 is 0 Å². The van der Waals surface area contributed by atoms with Gasteiger partial charge in [-0.1, -0.05) is 0 Å². The molecule has 0 radical (unpaired) electrons. The lowest BCUT2D eigenvalue weighted by atomic mass is 10.1. The first-order valence-electron chi connectivity index (χ1n) is 5.68. The number of nitrogens with zero attached hydrogens (tertiary/aromatic N) is 2. The van der Waals surface area contributed by atoms with E-state index in [1.807, 2.05) is 6.07 Å². The van der Waals surface area contributed by atoms with Gasteiger partial charge in [-0.2, -0.15) is 0 Å². The summed E-state index contributed by atoms with van der Waals surface area (Å²) in [7, 11) is 0. The lowest BCUT2D eigenvalue weighted by molar-refractivity contribution is 0.621. The maximum atomic E-state index is 12.0. The standard InChI is InChI=1S/C12H11BrN4O/c13-8-3-7(4-15-5-8)11-16-10-1-2-14-6-9(10)12(18)17-11/h3-5,14H,1-2,6H2,(H,16,17,18). The number of rotatable bonds is 1. The van der Waals surface area contributed by atoms with Gasteiger partial charge in [-0.3, -0.25) is 9.78 Å². The number of hydrogen-bond acceptors (Lipinski definition) is 4. The number of H-pyrrole nitrogens is 1. The van der Waals surface area contributed by atoms with Crippen molar-refractivity contribution in [3.8, 4) is 11.4 Å². The third-order valence-corrected chi connectivity index (χ3v) is 3.35. The Balaban J connectivity index is 2.14. The van der Waals surface area contributed by atoms with E-state index in [1.165, 1.54) is 0 Å². The molecule has 6 heteroatoms. The van der Waals surface area contributed by atoms with Crippen molar-refractivity contribution in [2.45, 2.75) is 13.0 Å². The van der Waals surface area contributed by atoms with Gasteiger partial charge in [-0.05, 0) is 22.0 Å². The lowest BCUT2D eigenvalue weighted by Gasteiger charge is -2.15. The Labute approximate surface area is 112 Å². The van der Waals surface area contributed by atoms with Gasteiger partial charge in [-0.25, -0.2) is 4.98 Å². The maximum absolute atomic E-state index is 12.0. The van der Waals surface area contributed by atoms with E-state index in [0.29, 0.717) is 12.4 Å². The Morgan fingerprint density at radius 1 is 1.33 bits per heavy atom. The largest absolute Gasteiger partial charge is 0.312 e. The second-order valence-electron chi connectivity index (χ2n) is 4.16. The minimum Gasteiger partial charge on any atom is -0.312 e. The fraction of sp³-hybridized carbons (Fsp3) is 0.250. The average Bonchev–Trinajstić information content (AvgIpc) is 2.39. The first-order valence-corrected chi connectivity index (χ1v) is 6.47. The third kappa shape index (κ3) is 2.09. The van der Waals surface area contributed by atoms with Gasteiger partial charge in [0.15, 0.2) is 0 Å². The van der Waals surface area contributed by atoms with Crippen molar-refractivity contribution in [1.29, 1.82) is 0 Å². The van der Waals surface area contributed by atoms with Crippen LogP contribution >= 0.6 is 15.9 Å². The van der Waals surface area contributed by atoms with Gasteiger partial charge in [0, 0.05) is 41.9 Å². The number of aromatic nitrogens is 3. The Hall–Kier alpha value is -1.53. The fourth-order valence-corrected chi connectivity index (χ4v) is 2.40. The van der Waals surface area contributed by atoms with Gasteiger partial charge in [0.1, 0.15) is 5.82 Å². The highest BCUT2D eigenvalue weighted by molar-refractivity contribution is 9.10. The summed E-state index contributed by atoms with van der Waals surface area (Å²) in [5, 5.41) is 3.17. The molecule has 0 amide bonds. The van der Waals surface area contributed by atoms with E-state index in [-0.39, 0.29) is 5.56 Å². The van der Waals surface area contributed by atoms with E-state index < -0.39 is 0 Å². The number of nitrogens with one attached hydrogen (secondary N) is 2. The number of halogens is 1. The molecule has 0 fully saturated rings. The van der Waals surface area contributed by atoms with E-state index in [1.54, 1.807) is 12.4 Å². The molecule has 0 unspecified atom stereocenters. The highest BCUT2D eigenvalue weighted by Gasteiger charge is 2.15. The molecule has 0 bridgehead atoms. The summed E-state index contributed by atoms with van der Waals surface area (Å²) in [5.74, 6) is 0.578. The molecular weight excluding hydrogens is 296 g/mol. The molecule has 18 heavy (non-hydrogen) atoms. The van der Waals surface area contributed by atoms with Crippen molar-refractivity contribution in [1.82, 2.24) is 20.3 Å². The van der Waals surface area contributed by atoms with Crippen LogP contribution in [0.15, 0.2) is 27.7 Å². The van der Waals surface area contributed by atoms with Crippen molar-refractivity contribution in [3.63, 3.8) is 0 Å². The smallest absolute Gasteiger partial charge is 0.255 e. The van der Waals surface area contributed by atoms with E-state index in [0.717, 1.165) is 34.3 Å². The summed E-state index contributed by atoms with van der Waals surface area (Å²) in [6, 6.07) is 1.89. The maximum Gasteiger partial charge on any atom is 0.255 e. The molecule has 0 aromatic carbocycles. The number of pyridine rings is 1. The van der Waals surface area contributed by atoms with Crippen molar-refractivity contribution < 1.29 is 0 Å². The number of aromatic amines is 1. The molecule has 92 valence electrons. The topological polar surface area (TPSA) is 70.7 Å². The predicted octanol–water partition coefficient (Wildman–Crippen LogP) is 1.24. The zero-order valence-corrected chi connectivity index (χ0v) is 11.1. The second kappa shape index (κ2) is 4.62. The second-order valence-corrected chi connectivity index (χ2v) is 5.07. The minimum absolute atomic E-state index is 0.0674. The van der Waals surface area contributed by atoms with Gasteiger partial charge < -0.3 is 10.3 Å². The van der Waals surface area contributed by atoms with Gasteiger partial charge in [0.2, 0.25) is 0 Å². The monoisotopic (exact) mass is 306 g/mol. The van der Waals surface area contributed by atoms with Crippen LogP contribution in [0.1, 0.15) is 11.3 Å². The van der Waals surface area contributed by atoms with Crippen molar-refractivity contribution in [2.75, 3.05) is 6.54 Å². The first-order chi connectivity index (χ1) is 8.74. The summed E-state index contributed by atoms with van der Waals surface area (Å²) in [5.41, 5.74) is 2.37. The van der Waals surface area contributed by atoms with Crippen LogP contribution in [0.4, 0.5) is 0 Å². The van der Waals surface area contributed by atoms with E-state index in [4.69, 9.17) is 0 Å². The Kier molecular flexibility index (Phi) is 2.97. The molecule has 1 aliphatic rings. The van der Waals surface area contributed by atoms with Gasteiger partial charge in [0.05, 0.1) is 11.3 Å². The summed E-state index contributed by atoms with van der Waals surface area (Å²) in [6.07, 6.45) is 4.17. The van der Waals surface area contributed by atoms with Crippen molar-refractivity contribution >= 4 is 15.9 Å². The molecule has 2 aromatic heterocycles. The van der Waals surface area contributed by atoms with Crippen LogP contribution < -0.4 is 10.9 Å². The Bertz CT molecular complexity index is 653. The van der Waals surface area contributed by atoms with Gasteiger partial charge in [0.25, 0.3) is 5.56 Å². The highest BCUT2D eigenvalue weighted by atomic mass is 79.9. The van der Waals surface area contributed by atoms with Crippen LogP contribution in [0.2, 0.25) is 0 Å². The quantitative estimate of drug-likeness (QED) is 0.831. The van der Waals surface area contributed by atoms with E-state index in [2.05, 4.69) is 36.2 Å². The molecule has 0 atom stereocenters. The third-order valence-electron chi connectivity index (χ3n) is 2.92. The van der Waals surface area contributed by atoms with Crippen LogP contribution in [-0.2, 0) is 13.0 Å². The van der Waals surface area contributed by atoms with Crippen LogP contribution in [-0.4, -0.2) is 21.5 Å². The Morgan fingerprint density at radius 3 is 3.06 bits per heavy atom. The first kappa shape index (κ1) is 11.6. The molecule has 3 rings (SSSR count). The molecule has 2 aromatic rings. The van der Waals surface area contributed by atoms with Gasteiger partial charge >= 0.3 is 0 Å². The summed E-state index contributed by atoms with van der Waals surface area (Å²) < 4.78 is 0.863. The highest BCUT2D eigenvalue weighted by Crippen LogP contribution is 2.18.